The molecule has 7 nitrogen and oxygen atoms in total. The second kappa shape index (κ2) is 8.30. The van der Waals surface area contributed by atoms with Gasteiger partial charge in [0.15, 0.2) is 0 Å². The van der Waals surface area contributed by atoms with Crippen molar-refractivity contribution in [2.75, 3.05) is 26.2 Å². The third-order valence-corrected chi connectivity index (χ3v) is 7.82. The molecular formula is C21H27N3O4S. The molecule has 1 aromatic carbocycles. The Hall–Kier alpha value is -2.16. The number of hydrogen-bond donors (Lipinski definition) is 1. The number of benzene rings is 1. The van der Waals surface area contributed by atoms with Crippen molar-refractivity contribution in [3.63, 3.8) is 0 Å². The SMILES string of the molecule is C[C@H](C(=O)NCc1ccco1)N1CCN(S(=O)(=O)c2ccc3c(c2)CCC3)CC1. The molecule has 0 spiro atoms. The van der Waals surface area contributed by atoms with E-state index in [9.17, 15) is 13.2 Å². The van der Waals surface area contributed by atoms with Crippen LogP contribution in [0.4, 0.5) is 0 Å². The average molecular weight is 418 g/mol. The smallest absolute Gasteiger partial charge is 0.243 e. The zero-order valence-corrected chi connectivity index (χ0v) is 17.5. The van der Waals surface area contributed by atoms with Gasteiger partial charge in [-0.25, -0.2) is 8.42 Å². The van der Waals surface area contributed by atoms with Gasteiger partial charge in [-0.15, -0.1) is 0 Å². The Balaban J connectivity index is 1.34. The van der Waals surface area contributed by atoms with Crippen molar-refractivity contribution < 1.29 is 17.6 Å². The van der Waals surface area contributed by atoms with Crippen molar-refractivity contribution in [1.82, 2.24) is 14.5 Å². The van der Waals surface area contributed by atoms with E-state index in [1.165, 1.54) is 9.87 Å². The van der Waals surface area contributed by atoms with Crippen LogP contribution in [0.25, 0.3) is 0 Å². The summed E-state index contributed by atoms with van der Waals surface area (Å²) < 4.78 is 32.9. The maximum atomic E-state index is 13.0. The molecule has 8 heteroatoms. The van der Waals surface area contributed by atoms with Crippen molar-refractivity contribution >= 4 is 15.9 Å². The van der Waals surface area contributed by atoms with E-state index >= 15 is 0 Å². The summed E-state index contributed by atoms with van der Waals surface area (Å²) in [6.45, 7) is 4.02. The number of fused-ring (bicyclic) bond motifs is 1. The molecule has 156 valence electrons. The predicted molar refractivity (Wildman–Crippen MR) is 109 cm³/mol. The highest BCUT2D eigenvalue weighted by atomic mass is 32.2. The standard InChI is InChI=1S/C21H27N3O4S/c1-16(21(25)22-15-19-6-3-13-28-19)23-9-11-24(12-10-23)29(26,27)20-8-7-17-4-2-5-18(17)14-20/h3,6-8,13-14,16H,2,4-5,9-12,15H2,1H3,(H,22,25)/t16-/m1/s1. The van der Waals surface area contributed by atoms with Crippen LogP contribution in [-0.4, -0.2) is 55.8 Å². The minimum absolute atomic E-state index is 0.0867. The van der Waals surface area contributed by atoms with E-state index in [0.29, 0.717) is 43.4 Å². The lowest BCUT2D eigenvalue weighted by Crippen LogP contribution is -2.54. The molecule has 0 radical (unpaired) electrons. The molecule has 1 atom stereocenters. The summed E-state index contributed by atoms with van der Waals surface area (Å²) in [7, 11) is -3.50. The maximum absolute atomic E-state index is 13.0. The van der Waals surface area contributed by atoms with Crippen molar-refractivity contribution in [3.05, 3.63) is 53.5 Å². The summed E-state index contributed by atoms with van der Waals surface area (Å²) in [5.41, 5.74) is 2.43. The summed E-state index contributed by atoms with van der Waals surface area (Å²) >= 11 is 0. The molecule has 1 amide bonds. The Morgan fingerprint density at radius 2 is 1.90 bits per heavy atom. The topological polar surface area (TPSA) is 82.9 Å². The first-order valence-corrected chi connectivity index (χ1v) is 11.6. The molecule has 2 aromatic rings. The molecule has 2 heterocycles. The molecule has 29 heavy (non-hydrogen) atoms. The Bertz CT molecular complexity index is 964. The number of rotatable bonds is 6. The molecule has 1 N–H and O–H groups in total. The molecule has 1 fully saturated rings. The number of sulfonamides is 1. The number of carbonyl (C=O) groups is 1. The Kier molecular flexibility index (Phi) is 5.76. The number of furan rings is 1. The van der Waals surface area contributed by atoms with Crippen LogP contribution in [0.15, 0.2) is 45.9 Å². The summed E-state index contributed by atoms with van der Waals surface area (Å²) in [5.74, 6) is 0.618. The van der Waals surface area contributed by atoms with E-state index in [1.807, 2.05) is 30.0 Å². The van der Waals surface area contributed by atoms with E-state index in [0.717, 1.165) is 24.8 Å². The van der Waals surface area contributed by atoms with Crippen molar-refractivity contribution in [1.29, 1.82) is 0 Å². The average Bonchev–Trinajstić information content (AvgIpc) is 3.42. The van der Waals surface area contributed by atoms with Gasteiger partial charge in [0.05, 0.1) is 23.7 Å². The molecule has 4 rings (SSSR count). The van der Waals surface area contributed by atoms with Crippen LogP contribution in [0, 0.1) is 0 Å². The van der Waals surface area contributed by atoms with Crippen LogP contribution in [0.2, 0.25) is 0 Å². The number of nitrogens with one attached hydrogen (secondary N) is 1. The Labute approximate surface area is 171 Å². The van der Waals surface area contributed by atoms with Gasteiger partial charge in [0.2, 0.25) is 15.9 Å². The largest absolute Gasteiger partial charge is 0.467 e. The number of nitrogens with zero attached hydrogens (tertiary/aromatic N) is 2. The fourth-order valence-corrected chi connectivity index (χ4v) is 5.56. The van der Waals surface area contributed by atoms with Gasteiger partial charge < -0.3 is 9.73 Å². The molecule has 0 bridgehead atoms. The number of amides is 1. The third-order valence-electron chi connectivity index (χ3n) is 5.93. The normalized spacial score (nSPS) is 19.1. The van der Waals surface area contributed by atoms with Gasteiger partial charge in [-0.3, -0.25) is 9.69 Å². The minimum Gasteiger partial charge on any atom is -0.467 e. The third kappa shape index (κ3) is 4.24. The van der Waals surface area contributed by atoms with Gasteiger partial charge in [-0.05, 0) is 61.6 Å². The fraction of sp³-hybridized carbons (Fsp3) is 0.476. The summed E-state index contributed by atoms with van der Waals surface area (Å²) in [5, 5.41) is 2.87. The van der Waals surface area contributed by atoms with Gasteiger partial charge in [-0.1, -0.05) is 6.07 Å². The van der Waals surface area contributed by atoms with E-state index in [1.54, 1.807) is 18.4 Å². The van der Waals surface area contributed by atoms with Gasteiger partial charge in [0.25, 0.3) is 0 Å². The van der Waals surface area contributed by atoms with Crippen LogP contribution in [0.3, 0.4) is 0 Å². The molecule has 1 saturated heterocycles. The fourth-order valence-electron chi connectivity index (χ4n) is 4.09. The number of aryl methyl sites for hydroxylation is 2. The maximum Gasteiger partial charge on any atom is 0.243 e. The molecule has 0 unspecified atom stereocenters. The van der Waals surface area contributed by atoms with Crippen LogP contribution in [0.5, 0.6) is 0 Å². The quantitative estimate of drug-likeness (QED) is 0.775. The van der Waals surface area contributed by atoms with Gasteiger partial charge in [0.1, 0.15) is 5.76 Å². The Morgan fingerprint density at radius 3 is 2.62 bits per heavy atom. The highest BCUT2D eigenvalue weighted by Crippen LogP contribution is 2.26. The molecule has 1 aliphatic heterocycles. The molecule has 1 aromatic heterocycles. The lowest BCUT2D eigenvalue weighted by Gasteiger charge is -2.36. The van der Waals surface area contributed by atoms with Gasteiger partial charge in [-0.2, -0.15) is 4.31 Å². The van der Waals surface area contributed by atoms with Crippen molar-refractivity contribution in [3.8, 4) is 0 Å². The van der Waals surface area contributed by atoms with Crippen molar-refractivity contribution in [2.24, 2.45) is 0 Å². The van der Waals surface area contributed by atoms with Crippen LogP contribution in [0.1, 0.15) is 30.2 Å². The van der Waals surface area contributed by atoms with Gasteiger partial charge in [0, 0.05) is 26.2 Å². The number of carbonyl (C=O) groups excluding carboxylic acids is 1. The summed E-state index contributed by atoms with van der Waals surface area (Å²) in [4.78, 5) is 14.8. The lowest BCUT2D eigenvalue weighted by molar-refractivity contribution is -0.126. The minimum atomic E-state index is -3.50. The Morgan fingerprint density at radius 1 is 1.14 bits per heavy atom. The molecule has 2 aliphatic rings. The number of piperazine rings is 1. The lowest BCUT2D eigenvalue weighted by atomic mass is 10.1. The molecule has 0 saturated carbocycles. The first-order valence-electron chi connectivity index (χ1n) is 10.1. The molecule has 1 aliphatic carbocycles. The van der Waals surface area contributed by atoms with Crippen molar-refractivity contribution in [2.45, 2.75) is 43.7 Å². The van der Waals surface area contributed by atoms with Gasteiger partial charge >= 0.3 is 0 Å². The van der Waals surface area contributed by atoms with E-state index in [4.69, 9.17) is 4.42 Å². The second-order valence-corrected chi connectivity index (χ2v) is 9.64. The first kappa shape index (κ1) is 20.1. The highest BCUT2D eigenvalue weighted by Gasteiger charge is 2.32. The number of hydrogen-bond acceptors (Lipinski definition) is 5. The second-order valence-electron chi connectivity index (χ2n) is 7.70. The summed E-state index contributed by atoms with van der Waals surface area (Å²) in [6, 6.07) is 8.80. The van der Waals surface area contributed by atoms with E-state index in [-0.39, 0.29) is 11.9 Å². The highest BCUT2D eigenvalue weighted by molar-refractivity contribution is 7.89. The van der Waals surface area contributed by atoms with Crippen LogP contribution in [-0.2, 0) is 34.2 Å². The predicted octanol–water partition coefficient (Wildman–Crippen LogP) is 1.78. The van der Waals surface area contributed by atoms with Crippen LogP contribution < -0.4 is 5.32 Å². The zero-order valence-electron chi connectivity index (χ0n) is 16.6. The van der Waals surface area contributed by atoms with E-state index < -0.39 is 10.0 Å². The molecular weight excluding hydrogens is 390 g/mol. The van der Waals surface area contributed by atoms with Crippen LogP contribution >= 0.6 is 0 Å². The van der Waals surface area contributed by atoms with E-state index in [2.05, 4.69) is 5.32 Å². The monoisotopic (exact) mass is 417 g/mol. The first-order chi connectivity index (χ1) is 13.9. The zero-order chi connectivity index (χ0) is 20.4. The summed E-state index contributed by atoms with van der Waals surface area (Å²) in [6.07, 6.45) is 4.66.